The molecular weight excluding hydrogens is 268 g/mol. The van der Waals surface area contributed by atoms with Gasteiger partial charge < -0.3 is 10.6 Å². The highest BCUT2D eigenvalue weighted by atomic mass is 32.2. The van der Waals surface area contributed by atoms with Gasteiger partial charge in [-0.2, -0.15) is 0 Å². The zero-order valence-corrected chi connectivity index (χ0v) is 13.3. The van der Waals surface area contributed by atoms with Crippen LogP contribution in [0.4, 0.5) is 10.5 Å². The van der Waals surface area contributed by atoms with Crippen molar-refractivity contribution >= 4 is 23.5 Å². The van der Waals surface area contributed by atoms with E-state index in [1.165, 1.54) is 12.8 Å². The molecule has 2 rings (SSSR count). The Hall–Kier alpha value is -1.16. The first-order valence-corrected chi connectivity index (χ1v) is 8.54. The smallest absolute Gasteiger partial charge is 0.319 e. The summed E-state index contributed by atoms with van der Waals surface area (Å²) in [7, 11) is 0. The number of nitrogens with one attached hydrogen (secondary N) is 2. The minimum Gasteiger partial charge on any atom is -0.335 e. The molecule has 0 unspecified atom stereocenters. The molecule has 0 saturated heterocycles. The highest BCUT2D eigenvalue weighted by Gasteiger charge is 2.28. The second-order valence-electron chi connectivity index (χ2n) is 5.70. The first kappa shape index (κ1) is 15.2. The van der Waals surface area contributed by atoms with E-state index >= 15 is 0 Å². The molecule has 0 bridgehead atoms. The molecule has 3 atom stereocenters. The van der Waals surface area contributed by atoms with Crippen molar-refractivity contribution in [2.24, 2.45) is 11.8 Å². The predicted molar refractivity (Wildman–Crippen MR) is 86.3 cm³/mol. The molecule has 110 valence electrons. The third-order valence-corrected chi connectivity index (χ3v) is 5.08. The fourth-order valence-electron chi connectivity index (χ4n) is 2.82. The molecule has 0 aromatic heterocycles. The average Bonchev–Trinajstić information content (AvgIpc) is 2.44. The van der Waals surface area contributed by atoms with Crippen LogP contribution in [-0.2, 0) is 0 Å². The maximum Gasteiger partial charge on any atom is 0.319 e. The van der Waals surface area contributed by atoms with Crippen LogP contribution in [0.5, 0.6) is 0 Å². The van der Waals surface area contributed by atoms with Gasteiger partial charge in [-0.3, -0.25) is 0 Å². The highest BCUT2D eigenvalue weighted by Crippen LogP contribution is 2.29. The summed E-state index contributed by atoms with van der Waals surface area (Å²) < 4.78 is 0. The van der Waals surface area contributed by atoms with Gasteiger partial charge in [0.15, 0.2) is 0 Å². The van der Waals surface area contributed by atoms with E-state index in [1.807, 2.05) is 30.5 Å². The van der Waals surface area contributed by atoms with Gasteiger partial charge in [0.25, 0.3) is 0 Å². The van der Waals surface area contributed by atoms with Crippen LogP contribution in [0, 0.1) is 11.8 Å². The molecule has 0 spiro atoms. The van der Waals surface area contributed by atoms with Crippen LogP contribution in [-0.4, -0.2) is 18.3 Å². The van der Waals surface area contributed by atoms with E-state index in [-0.39, 0.29) is 6.03 Å². The molecule has 1 aromatic rings. The third kappa shape index (κ3) is 3.92. The number of anilines is 1. The summed E-state index contributed by atoms with van der Waals surface area (Å²) in [4.78, 5) is 13.3. The second kappa shape index (κ2) is 7.02. The molecule has 1 aromatic carbocycles. The molecule has 2 amide bonds. The summed E-state index contributed by atoms with van der Waals surface area (Å²) in [5.41, 5.74) is 0.853. The van der Waals surface area contributed by atoms with Crippen molar-refractivity contribution in [1.82, 2.24) is 5.32 Å². The molecule has 0 aliphatic heterocycles. The molecule has 4 heteroatoms. The predicted octanol–water partition coefficient (Wildman–Crippen LogP) is 4.35. The van der Waals surface area contributed by atoms with Gasteiger partial charge in [0.05, 0.1) is 0 Å². The SMILES string of the molecule is CSc1cccc(NC(=O)N[C@H]2CCC[C@H](C)[C@@H]2C)c1. The number of hydrogen-bond donors (Lipinski definition) is 2. The number of carbonyl (C=O) groups is 1. The van der Waals surface area contributed by atoms with Gasteiger partial charge in [0, 0.05) is 16.6 Å². The number of rotatable bonds is 3. The number of benzene rings is 1. The number of amides is 2. The van der Waals surface area contributed by atoms with Crippen molar-refractivity contribution in [2.75, 3.05) is 11.6 Å². The van der Waals surface area contributed by atoms with E-state index < -0.39 is 0 Å². The van der Waals surface area contributed by atoms with Crippen LogP contribution in [0.15, 0.2) is 29.2 Å². The Morgan fingerprint density at radius 1 is 1.30 bits per heavy atom. The zero-order valence-electron chi connectivity index (χ0n) is 12.5. The van der Waals surface area contributed by atoms with E-state index in [0.717, 1.165) is 17.0 Å². The Kier molecular flexibility index (Phi) is 5.35. The molecule has 2 N–H and O–H groups in total. The van der Waals surface area contributed by atoms with E-state index in [9.17, 15) is 4.79 Å². The molecule has 3 nitrogen and oxygen atoms in total. The van der Waals surface area contributed by atoms with Crippen LogP contribution < -0.4 is 10.6 Å². The normalized spacial score (nSPS) is 26.1. The molecule has 1 aliphatic carbocycles. The number of carbonyl (C=O) groups excluding carboxylic acids is 1. The molecular formula is C16H24N2OS. The molecule has 20 heavy (non-hydrogen) atoms. The molecule has 0 heterocycles. The summed E-state index contributed by atoms with van der Waals surface area (Å²) in [5.74, 6) is 1.24. The summed E-state index contributed by atoms with van der Waals surface area (Å²) in [6.07, 6.45) is 5.60. The number of urea groups is 1. The molecule has 1 aliphatic rings. The minimum atomic E-state index is -0.0887. The first-order valence-electron chi connectivity index (χ1n) is 7.31. The Morgan fingerprint density at radius 3 is 2.85 bits per heavy atom. The minimum absolute atomic E-state index is 0.0887. The zero-order chi connectivity index (χ0) is 14.5. The van der Waals surface area contributed by atoms with Crippen molar-refractivity contribution in [3.05, 3.63) is 24.3 Å². The monoisotopic (exact) mass is 292 g/mol. The Morgan fingerprint density at radius 2 is 2.10 bits per heavy atom. The van der Waals surface area contributed by atoms with Gasteiger partial charge in [0.2, 0.25) is 0 Å². The van der Waals surface area contributed by atoms with Crippen molar-refractivity contribution in [2.45, 2.75) is 44.0 Å². The average molecular weight is 292 g/mol. The van der Waals surface area contributed by atoms with Crippen molar-refractivity contribution in [3.63, 3.8) is 0 Å². The van der Waals surface area contributed by atoms with E-state index in [2.05, 4.69) is 24.5 Å². The van der Waals surface area contributed by atoms with Crippen molar-refractivity contribution in [3.8, 4) is 0 Å². The van der Waals surface area contributed by atoms with Gasteiger partial charge in [-0.15, -0.1) is 11.8 Å². The quantitative estimate of drug-likeness (QED) is 0.813. The summed E-state index contributed by atoms with van der Waals surface area (Å²) >= 11 is 1.67. The lowest BCUT2D eigenvalue weighted by atomic mass is 9.78. The fourth-order valence-corrected chi connectivity index (χ4v) is 3.28. The maximum absolute atomic E-state index is 12.1. The summed E-state index contributed by atoms with van der Waals surface area (Å²) in [6, 6.07) is 8.13. The van der Waals surface area contributed by atoms with Gasteiger partial charge in [-0.25, -0.2) is 4.79 Å². The summed E-state index contributed by atoms with van der Waals surface area (Å²) in [6.45, 7) is 4.52. The van der Waals surface area contributed by atoms with E-state index in [0.29, 0.717) is 17.9 Å². The van der Waals surface area contributed by atoms with Crippen LogP contribution in [0.2, 0.25) is 0 Å². The van der Waals surface area contributed by atoms with Gasteiger partial charge >= 0.3 is 6.03 Å². The van der Waals surface area contributed by atoms with E-state index in [1.54, 1.807) is 11.8 Å². The van der Waals surface area contributed by atoms with Gasteiger partial charge in [-0.1, -0.05) is 32.8 Å². The Labute approximate surface area is 125 Å². The van der Waals surface area contributed by atoms with Gasteiger partial charge in [-0.05, 0) is 42.7 Å². The highest BCUT2D eigenvalue weighted by molar-refractivity contribution is 7.98. The number of hydrogen-bond acceptors (Lipinski definition) is 2. The lowest BCUT2D eigenvalue weighted by Crippen LogP contribution is -2.45. The van der Waals surface area contributed by atoms with Crippen LogP contribution in [0.1, 0.15) is 33.1 Å². The lowest BCUT2D eigenvalue weighted by molar-refractivity contribution is 0.201. The van der Waals surface area contributed by atoms with Crippen molar-refractivity contribution in [1.29, 1.82) is 0 Å². The van der Waals surface area contributed by atoms with Crippen molar-refractivity contribution < 1.29 is 4.79 Å². The maximum atomic E-state index is 12.1. The largest absolute Gasteiger partial charge is 0.335 e. The molecule has 1 saturated carbocycles. The Bertz CT molecular complexity index is 464. The standard InChI is InChI=1S/C16H24N2OS/c1-11-6-4-9-15(12(11)2)18-16(19)17-13-7-5-8-14(10-13)20-3/h5,7-8,10-12,15H,4,6,9H2,1-3H3,(H2,17,18,19)/t11-,12-,15-/m0/s1. The van der Waals surface area contributed by atoms with Gasteiger partial charge in [0.1, 0.15) is 0 Å². The second-order valence-corrected chi connectivity index (χ2v) is 6.58. The topological polar surface area (TPSA) is 41.1 Å². The Balaban J connectivity index is 1.91. The lowest BCUT2D eigenvalue weighted by Gasteiger charge is -2.34. The first-order chi connectivity index (χ1) is 9.60. The third-order valence-electron chi connectivity index (χ3n) is 4.35. The summed E-state index contributed by atoms with van der Waals surface area (Å²) in [5, 5.41) is 6.06. The van der Waals surface area contributed by atoms with Crippen LogP contribution in [0.25, 0.3) is 0 Å². The van der Waals surface area contributed by atoms with Crippen LogP contribution >= 0.6 is 11.8 Å². The number of thioether (sulfide) groups is 1. The van der Waals surface area contributed by atoms with E-state index in [4.69, 9.17) is 0 Å². The molecule has 1 fully saturated rings. The fraction of sp³-hybridized carbons (Fsp3) is 0.562. The van der Waals surface area contributed by atoms with Crippen LogP contribution in [0.3, 0.4) is 0 Å². The molecule has 0 radical (unpaired) electrons.